The number of anilines is 1. The molecule has 0 saturated carbocycles. The Morgan fingerprint density at radius 3 is 2.71 bits per heavy atom. The van der Waals surface area contributed by atoms with Gasteiger partial charge in [0.2, 0.25) is 0 Å². The minimum atomic E-state index is 0.139. The van der Waals surface area contributed by atoms with Gasteiger partial charge in [0.1, 0.15) is 18.2 Å². The third-order valence-electron chi connectivity index (χ3n) is 6.46. The van der Waals surface area contributed by atoms with Gasteiger partial charge in [-0.1, -0.05) is 22.4 Å². The molecule has 4 rings (SSSR count). The first-order valence-corrected chi connectivity index (χ1v) is 13.5. The molecule has 1 aliphatic heterocycles. The average molecular weight is 547 g/mol. The Morgan fingerprint density at radius 1 is 1.21 bits per heavy atom. The second-order valence-corrected chi connectivity index (χ2v) is 10.6. The topological polar surface area (TPSA) is 77.7 Å². The fourth-order valence-electron chi connectivity index (χ4n) is 4.43. The molecule has 0 radical (unpaired) electrons. The van der Waals surface area contributed by atoms with Crippen molar-refractivity contribution in [2.75, 3.05) is 32.5 Å². The number of carbonyl (C=O) groups excluding carboxylic acids is 1. The highest BCUT2D eigenvalue weighted by molar-refractivity contribution is 9.10. The molecule has 0 aliphatic carbocycles. The Morgan fingerprint density at radius 2 is 1.97 bits per heavy atom. The Hall–Kier alpha value is -2.00. The van der Waals surface area contributed by atoms with Crippen molar-refractivity contribution in [2.45, 2.75) is 51.2 Å². The zero-order chi connectivity index (χ0) is 23.9. The maximum Gasteiger partial charge on any atom is 0.165 e. The number of thiophene rings is 1. The second kappa shape index (κ2) is 12.1. The summed E-state index contributed by atoms with van der Waals surface area (Å²) in [5, 5.41) is 2.86. The fraction of sp³-hybridized carbons (Fsp3) is 0.462. The molecular formula is C26H32BrN3O3S. The van der Waals surface area contributed by atoms with E-state index in [0.29, 0.717) is 30.5 Å². The van der Waals surface area contributed by atoms with Crippen LogP contribution in [0.25, 0.3) is 10.1 Å². The molecule has 2 aromatic heterocycles. The molecule has 0 atom stereocenters. The molecule has 0 spiro atoms. The molecule has 6 nitrogen and oxygen atoms in total. The molecule has 1 aliphatic rings. The van der Waals surface area contributed by atoms with E-state index in [2.05, 4.69) is 25.8 Å². The number of likely N-dealkylation sites (tertiary alicyclic amines) is 1. The van der Waals surface area contributed by atoms with Gasteiger partial charge < -0.3 is 20.1 Å². The summed E-state index contributed by atoms with van der Waals surface area (Å²) >= 11 is 4.97. The molecule has 0 amide bonds. The molecule has 1 fully saturated rings. The number of unbranched alkanes of at least 4 members (excludes halogenated alkanes) is 2. The number of ether oxygens (including phenoxy) is 2. The van der Waals surface area contributed by atoms with Crippen molar-refractivity contribution in [2.24, 2.45) is 0 Å². The molecule has 0 unspecified atom stereocenters. The molecule has 0 bridgehead atoms. The number of fused-ring (bicyclic) bond motifs is 1. The Kier molecular flexibility index (Phi) is 8.94. The summed E-state index contributed by atoms with van der Waals surface area (Å²) < 4.78 is 13.3. The quantitative estimate of drug-likeness (QED) is 0.232. The number of pyridine rings is 1. The van der Waals surface area contributed by atoms with Crippen LogP contribution in [0.3, 0.4) is 0 Å². The van der Waals surface area contributed by atoms with Gasteiger partial charge in [-0.05, 0) is 61.9 Å². The van der Waals surface area contributed by atoms with Crippen molar-refractivity contribution in [1.29, 1.82) is 0 Å². The number of aromatic nitrogens is 1. The monoisotopic (exact) mass is 545 g/mol. The van der Waals surface area contributed by atoms with E-state index in [4.69, 9.17) is 15.2 Å². The summed E-state index contributed by atoms with van der Waals surface area (Å²) in [6.45, 7) is 3.70. The van der Waals surface area contributed by atoms with E-state index in [9.17, 15) is 4.79 Å². The normalized spacial score (nSPS) is 15.1. The molecule has 8 heteroatoms. The first kappa shape index (κ1) is 25.1. The lowest BCUT2D eigenvalue weighted by atomic mass is 10.0. The summed E-state index contributed by atoms with van der Waals surface area (Å²) in [7, 11) is 1.80. The number of carbonyl (C=O) groups is 1. The number of benzene rings is 1. The molecule has 1 aromatic carbocycles. The van der Waals surface area contributed by atoms with E-state index >= 15 is 0 Å². The first-order chi connectivity index (χ1) is 16.5. The van der Waals surface area contributed by atoms with Crippen LogP contribution in [0.2, 0.25) is 0 Å². The van der Waals surface area contributed by atoms with Crippen LogP contribution in [-0.4, -0.2) is 48.5 Å². The second-order valence-electron chi connectivity index (χ2n) is 8.78. The highest BCUT2D eigenvalue weighted by Gasteiger charge is 2.19. The predicted octanol–water partition coefficient (Wildman–Crippen LogP) is 6.07. The molecule has 1 saturated heterocycles. The predicted molar refractivity (Wildman–Crippen MR) is 142 cm³/mol. The number of halogens is 1. The minimum Gasteiger partial charge on any atom is -0.489 e. The van der Waals surface area contributed by atoms with Gasteiger partial charge in [0, 0.05) is 48.2 Å². The van der Waals surface area contributed by atoms with E-state index in [0.717, 1.165) is 77.6 Å². The van der Waals surface area contributed by atoms with E-state index < -0.39 is 0 Å². The number of nitrogens with zero attached hydrogens (tertiary/aromatic N) is 2. The lowest BCUT2D eigenvalue weighted by Gasteiger charge is -2.31. The smallest absolute Gasteiger partial charge is 0.165 e. The maximum atomic E-state index is 13.0. The van der Waals surface area contributed by atoms with Crippen LogP contribution in [0.1, 0.15) is 54.4 Å². The van der Waals surface area contributed by atoms with Gasteiger partial charge in [-0.3, -0.25) is 4.79 Å². The van der Waals surface area contributed by atoms with Crippen LogP contribution in [0.5, 0.6) is 5.75 Å². The number of hydrogen-bond acceptors (Lipinski definition) is 7. The van der Waals surface area contributed by atoms with Gasteiger partial charge >= 0.3 is 0 Å². The Bertz CT molecular complexity index is 1090. The number of methoxy groups -OCH3 is 1. The number of hydrogen-bond donors (Lipinski definition) is 1. The zero-order valence-electron chi connectivity index (χ0n) is 19.6. The van der Waals surface area contributed by atoms with E-state index in [1.54, 1.807) is 13.3 Å². The molecule has 2 N–H and O–H groups in total. The number of rotatable bonds is 11. The van der Waals surface area contributed by atoms with Gasteiger partial charge in [0.25, 0.3) is 0 Å². The lowest BCUT2D eigenvalue weighted by Crippen LogP contribution is -2.37. The van der Waals surface area contributed by atoms with Crippen molar-refractivity contribution in [3.05, 3.63) is 51.4 Å². The highest BCUT2D eigenvalue weighted by atomic mass is 79.9. The van der Waals surface area contributed by atoms with Crippen LogP contribution >= 0.6 is 27.3 Å². The van der Waals surface area contributed by atoms with Crippen LogP contribution < -0.4 is 10.5 Å². The molecule has 34 heavy (non-hydrogen) atoms. The zero-order valence-corrected chi connectivity index (χ0v) is 22.0. The van der Waals surface area contributed by atoms with Gasteiger partial charge in [-0.15, -0.1) is 11.3 Å². The molecular weight excluding hydrogens is 514 g/mol. The third kappa shape index (κ3) is 6.36. The van der Waals surface area contributed by atoms with Gasteiger partial charge in [0.15, 0.2) is 5.78 Å². The van der Waals surface area contributed by atoms with Crippen molar-refractivity contribution >= 4 is 49.0 Å². The van der Waals surface area contributed by atoms with Crippen molar-refractivity contribution < 1.29 is 14.3 Å². The number of Topliss-reactive ketones (excluding diaryl/α,β-unsaturated/α-hetero) is 1. The van der Waals surface area contributed by atoms with Crippen LogP contribution in [-0.2, 0) is 11.3 Å². The number of nitrogen functional groups attached to an aromatic ring is 1. The maximum absolute atomic E-state index is 13.0. The Balaban J connectivity index is 1.29. The van der Waals surface area contributed by atoms with Gasteiger partial charge in [0.05, 0.1) is 16.4 Å². The third-order valence-corrected chi connectivity index (χ3v) is 8.05. The standard InChI is InChI=1S/C26H32BrN3O3S/c1-32-20-10-13-30(14-11-20)12-4-2-3-5-23(31)22-15-29-26(28)24-18(17-34-25(22)24)16-33-21-8-6-19(27)7-9-21/h6-9,15,17,20H,2-5,10-14,16H2,1H3,(H2,28,29). The van der Waals surface area contributed by atoms with Gasteiger partial charge in [-0.25, -0.2) is 4.98 Å². The van der Waals surface area contributed by atoms with Gasteiger partial charge in [-0.2, -0.15) is 0 Å². The van der Waals surface area contributed by atoms with Crippen LogP contribution in [0.15, 0.2) is 40.3 Å². The summed E-state index contributed by atoms with van der Waals surface area (Å²) in [6.07, 6.45) is 7.90. The first-order valence-electron chi connectivity index (χ1n) is 11.9. The van der Waals surface area contributed by atoms with E-state index in [-0.39, 0.29) is 5.78 Å². The summed E-state index contributed by atoms with van der Waals surface area (Å²) in [4.78, 5) is 19.8. The van der Waals surface area contributed by atoms with E-state index in [1.807, 2.05) is 29.6 Å². The average Bonchev–Trinajstić information content (AvgIpc) is 3.29. The highest BCUT2D eigenvalue weighted by Crippen LogP contribution is 2.34. The summed E-state index contributed by atoms with van der Waals surface area (Å²) in [6, 6.07) is 7.71. The molecule has 182 valence electrons. The minimum absolute atomic E-state index is 0.139. The van der Waals surface area contributed by atoms with E-state index in [1.165, 1.54) is 11.3 Å². The SMILES string of the molecule is COC1CCN(CCCCCC(=O)c2cnc(N)c3c(COc4ccc(Br)cc4)csc23)CC1. The largest absolute Gasteiger partial charge is 0.489 e. The lowest BCUT2D eigenvalue weighted by molar-refractivity contribution is 0.0407. The van der Waals surface area contributed by atoms with Crippen LogP contribution in [0.4, 0.5) is 5.82 Å². The Labute approximate surface area is 213 Å². The van der Waals surface area contributed by atoms with Crippen molar-refractivity contribution in [3.8, 4) is 5.75 Å². The van der Waals surface area contributed by atoms with Crippen molar-refractivity contribution in [3.63, 3.8) is 0 Å². The molecule has 3 heterocycles. The van der Waals surface area contributed by atoms with Crippen LogP contribution in [0, 0.1) is 0 Å². The summed E-state index contributed by atoms with van der Waals surface area (Å²) in [5.41, 5.74) is 7.83. The summed E-state index contributed by atoms with van der Waals surface area (Å²) in [5.74, 6) is 1.37. The number of nitrogens with two attached hydrogens (primary N) is 1. The molecule has 3 aromatic rings. The van der Waals surface area contributed by atoms with Crippen molar-refractivity contribution in [1.82, 2.24) is 9.88 Å². The number of ketones is 1. The fourth-order valence-corrected chi connectivity index (χ4v) is 5.79. The number of piperidine rings is 1.